The SMILES string of the molecule is CCCC(C)C1=C(C(=O)OC)CC(c2ccccc2)=C1. The van der Waals surface area contributed by atoms with E-state index in [4.69, 9.17) is 4.74 Å². The Morgan fingerprint density at radius 3 is 2.60 bits per heavy atom. The van der Waals surface area contributed by atoms with Crippen molar-refractivity contribution in [2.24, 2.45) is 5.92 Å². The van der Waals surface area contributed by atoms with Crippen LogP contribution in [-0.4, -0.2) is 13.1 Å². The highest BCUT2D eigenvalue weighted by Crippen LogP contribution is 2.37. The van der Waals surface area contributed by atoms with E-state index in [1.165, 1.54) is 18.2 Å². The molecule has 1 atom stereocenters. The summed E-state index contributed by atoms with van der Waals surface area (Å²) in [5, 5.41) is 0. The van der Waals surface area contributed by atoms with Crippen LogP contribution in [0, 0.1) is 5.92 Å². The first-order valence-corrected chi connectivity index (χ1v) is 7.24. The van der Waals surface area contributed by atoms with Gasteiger partial charge < -0.3 is 4.74 Å². The lowest BCUT2D eigenvalue weighted by Gasteiger charge is -2.12. The average Bonchev–Trinajstić information content (AvgIpc) is 2.93. The molecule has 0 aromatic heterocycles. The number of carbonyl (C=O) groups excluding carboxylic acids is 1. The van der Waals surface area contributed by atoms with Crippen LogP contribution in [0.1, 0.15) is 38.7 Å². The number of rotatable bonds is 5. The molecule has 1 unspecified atom stereocenters. The Labute approximate surface area is 121 Å². The largest absolute Gasteiger partial charge is 0.466 e. The molecule has 0 saturated carbocycles. The van der Waals surface area contributed by atoms with Gasteiger partial charge in [0, 0.05) is 12.0 Å². The number of esters is 1. The second kappa shape index (κ2) is 6.56. The molecule has 0 bridgehead atoms. The highest BCUT2D eigenvalue weighted by atomic mass is 16.5. The molecule has 2 heteroatoms. The van der Waals surface area contributed by atoms with E-state index in [0.717, 1.165) is 24.0 Å². The Morgan fingerprint density at radius 1 is 1.30 bits per heavy atom. The molecule has 106 valence electrons. The number of allylic oxidation sites excluding steroid dienone is 3. The minimum absolute atomic E-state index is 0.190. The minimum atomic E-state index is -0.190. The van der Waals surface area contributed by atoms with Crippen molar-refractivity contribution in [1.29, 1.82) is 0 Å². The molecule has 20 heavy (non-hydrogen) atoms. The lowest BCUT2D eigenvalue weighted by molar-refractivity contribution is -0.136. The molecule has 0 aliphatic heterocycles. The predicted molar refractivity (Wildman–Crippen MR) is 82.2 cm³/mol. The van der Waals surface area contributed by atoms with Crippen LogP contribution in [0.5, 0.6) is 0 Å². The molecule has 1 aromatic carbocycles. The molecule has 1 aliphatic carbocycles. The van der Waals surface area contributed by atoms with Gasteiger partial charge in [0.05, 0.1) is 7.11 Å². The molecule has 0 N–H and O–H groups in total. The third-order valence-corrected chi connectivity index (χ3v) is 3.87. The number of benzene rings is 1. The Balaban J connectivity index is 2.31. The van der Waals surface area contributed by atoms with E-state index in [2.05, 4.69) is 32.1 Å². The van der Waals surface area contributed by atoms with E-state index in [9.17, 15) is 4.79 Å². The first-order valence-electron chi connectivity index (χ1n) is 7.24. The van der Waals surface area contributed by atoms with Crippen LogP contribution in [0.15, 0.2) is 47.6 Å². The van der Waals surface area contributed by atoms with Crippen molar-refractivity contribution in [1.82, 2.24) is 0 Å². The lowest BCUT2D eigenvalue weighted by Crippen LogP contribution is -2.08. The quantitative estimate of drug-likeness (QED) is 0.742. The molecule has 2 rings (SSSR count). The summed E-state index contributed by atoms with van der Waals surface area (Å²) in [7, 11) is 1.46. The molecule has 2 nitrogen and oxygen atoms in total. The second-order valence-corrected chi connectivity index (χ2v) is 5.33. The van der Waals surface area contributed by atoms with Crippen LogP contribution in [0.3, 0.4) is 0 Å². The third-order valence-electron chi connectivity index (χ3n) is 3.87. The molecule has 0 saturated heterocycles. The normalized spacial score (nSPS) is 16.1. The van der Waals surface area contributed by atoms with E-state index in [-0.39, 0.29) is 5.97 Å². The van der Waals surface area contributed by atoms with Crippen LogP contribution in [0.4, 0.5) is 0 Å². The van der Waals surface area contributed by atoms with Gasteiger partial charge in [-0.1, -0.05) is 56.7 Å². The average molecular weight is 270 g/mol. The Hall–Kier alpha value is -1.83. The fourth-order valence-corrected chi connectivity index (χ4v) is 2.80. The summed E-state index contributed by atoms with van der Waals surface area (Å²) in [4.78, 5) is 12.0. The van der Waals surface area contributed by atoms with Gasteiger partial charge >= 0.3 is 5.97 Å². The minimum Gasteiger partial charge on any atom is -0.466 e. The van der Waals surface area contributed by atoms with Crippen molar-refractivity contribution in [2.45, 2.75) is 33.1 Å². The summed E-state index contributed by atoms with van der Waals surface area (Å²) in [6.45, 7) is 4.36. The fourth-order valence-electron chi connectivity index (χ4n) is 2.80. The van der Waals surface area contributed by atoms with E-state index in [1.54, 1.807) is 0 Å². The van der Waals surface area contributed by atoms with Gasteiger partial charge in [-0.2, -0.15) is 0 Å². The number of methoxy groups -OCH3 is 1. The maximum atomic E-state index is 12.0. The van der Waals surface area contributed by atoms with Crippen molar-refractivity contribution in [3.05, 3.63) is 53.1 Å². The first kappa shape index (κ1) is 14.6. The van der Waals surface area contributed by atoms with Gasteiger partial charge in [0.2, 0.25) is 0 Å². The molecule has 1 aromatic rings. The lowest BCUT2D eigenvalue weighted by atomic mass is 9.94. The third kappa shape index (κ3) is 3.01. The van der Waals surface area contributed by atoms with Gasteiger partial charge in [0.1, 0.15) is 0 Å². The van der Waals surface area contributed by atoms with Crippen LogP contribution in [0.25, 0.3) is 5.57 Å². The molecule has 0 heterocycles. The monoisotopic (exact) mass is 270 g/mol. The summed E-state index contributed by atoms with van der Waals surface area (Å²) in [5.74, 6) is 0.209. The summed E-state index contributed by atoms with van der Waals surface area (Å²) >= 11 is 0. The van der Waals surface area contributed by atoms with E-state index in [1.807, 2.05) is 18.2 Å². The van der Waals surface area contributed by atoms with Crippen LogP contribution in [-0.2, 0) is 9.53 Å². The molecule has 0 radical (unpaired) electrons. The van der Waals surface area contributed by atoms with Crippen LogP contribution >= 0.6 is 0 Å². The molecular formula is C18H22O2. The molecular weight excluding hydrogens is 248 g/mol. The van der Waals surface area contributed by atoms with Gasteiger partial charge in [-0.3, -0.25) is 0 Å². The summed E-state index contributed by atoms with van der Waals surface area (Å²) in [6, 6.07) is 10.2. The summed E-state index contributed by atoms with van der Waals surface area (Å²) in [6.07, 6.45) is 5.07. The van der Waals surface area contributed by atoms with Crippen molar-refractivity contribution < 1.29 is 9.53 Å². The smallest absolute Gasteiger partial charge is 0.334 e. The van der Waals surface area contributed by atoms with Crippen molar-refractivity contribution in [3.8, 4) is 0 Å². The van der Waals surface area contributed by atoms with Gasteiger partial charge in [-0.15, -0.1) is 0 Å². The fraction of sp³-hybridized carbons (Fsp3) is 0.389. The Bertz CT molecular complexity index is 538. The molecule has 0 amide bonds. The number of ether oxygens (including phenoxy) is 1. The summed E-state index contributed by atoms with van der Waals surface area (Å²) in [5.41, 5.74) is 4.38. The zero-order chi connectivity index (χ0) is 14.5. The zero-order valence-corrected chi connectivity index (χ0v) is 12.5. The maximum absolute atomic E-state index is 12.0. The topological polar surface area (TPSA) is 26.3 Å². The summed E-state index contributed by atoms with van der Waals surface area (Å²) < 4.78 is 4.95. The predicted octanol–water partition coefficient (Wildman–Crippen LogP) is 4.38. The van der Waals surface area contributed by atoms with Gasteiger partial charge in [0.25, 0.3) is 0 Å². The van der Waals surface area contributed by atoms with E-state index in [0.29, 0.717) is 12.3 Å². The van der Waals surface area contributed by atoms with Gasteiger partial charge in [0.15, 0.2) is 0 Å². The molecule has 0 spiro atoms. The highest BCUT2D eigenvalue weighted by Gasteiger charge is 2.25. The van der Waals surface area contributed by atoms with Crippen molar-refractivity contribution >= 4 is 11.5 Å². The van der Waals surface area contributed by atoms with Crippen molar-refractivity contribution in [2.75, 3.05) is 7.11 Å². The van der Waals surface area contributed by atoms with E-state index < -0.39 is 0 Å². The number of carbonyl (C=O) groups is 1. The first-order chi connectivity index (χ1) is 9.67. The molecule has 1 aliphatic rings. The second-order valence-electron chi connectivity index (χ2n) is 5.33. The van der Waals surface area contributed by atoms with Crippen LogP contribution < -0.4 is 0 Å². The maximum Gasteiger partial charge on any atom is 0.334 e. The van der Waals surface area contributed by atoms with Gasteiger partial charge in [-0.25, -0.2) is 4.79 Å². The standard InChI is InChI=1S/C18H22O2/c1-4-8-13(2)16-11-15(12-17(16)18(19)20-3)14-9-6-5-7-10-14/h5-7,9-11,13H,4,8,12H2,1-3H3. The Morgan fingerprint density at radius 2 is 2.00 bits per heavy atom. The Kier molecular flexibility index (Phi) is 4.78. The van der Waals surface area contributed by atoms with Crippen LogP contribution in [0.2, 0.25) is 0 Å². The van der Waals surface area contributed by atoms with E-state index >= 15 is 0 Å². The van der Waals surface area contributed by atoms with Gasteiger partial charge in [-0.05, 0) is 29.0 Å². The zero-order valence-electron chi connectivity index (χ0n) is 12.5. The number of hydrogen-bond donors (Lipinski definition) is 0. The number of hydrogen-bond acceptors (Lipinski definition) is 2. The highest BCUT2D eigenvalue weighted by molar-refractivity contribution is 5.96. The molecule has 0 fully saturated rings. The van der Waals surface area contributed by atoms with Crippen molar-refractivity contribution in [3.63, 3.8) is 0 Å².